The smallest absolute Gasteiger partial charge is 0.303 e. The highest BCUT2D eigenvalue weighted by Gasteiger charge is 2.29. The molecule has 1 unspecified atom stereocenters. The van der Waals surface area contributed by atoms with Crippen LogP contribution < -0.4 is 4.74 Å². The number of nitrogens with one attached hydrogen (secondary N) is 2. The van der Waals surface area contributed by atoms with Crippen molar-refractivity contribution in [1.29, 1.82) is 0 Å². The summed E-state index contributed by atoms with van der Waals surface area (Å²) in [5.41, 5.74) is -0.169. The van der Waals surface area contributed by atoms with Crippen molar-refractivity contribution in [3.05, 3.63) is 101 Å². The highest BCUT2D eigenvalue weighted by molar-refractivity contribution is 5.82. The number of nitrogens with zero attached hydrogens (tertiary/aromatic N) is 1. The first-order chi connectivity index (χ1) is 18.1. The minimum absolute atomic E-state index is 0.0108. The molecule has 0 saturated carbocycles. The number of H-pyrrole nitrogens is 2. The molecule has 10 heteroatoms. The van der Waals surface area contributed by atoms with Crippen LogP contribution in [0.25, 0.3) is 22.3 Å². The largest absolute Gasteiger partial charge is 0.481 e. The molecule has 38 heavy (non-hydrogen) atoms. The highest BCUT2D eigenvalue weighted by Crippen LogP contribution is 2.35. The van der Waals surface area contributed by atoms with Crippen molar-refractivity contribution >= 4 is 16.9 Å². The fraction of sp³-hybridized carbons (Fsp3) is 0.143. The number of benzene rings is 3. The number of rotatable bonds is 8. The molecule has 194 valence electrons. The van der Waals surface area contributed by atoms with Crippen molar-refractivity contribution < 1.29 is 32.9 Å². The molecule has 2 heterocycles. The van der Waals surface area contributed by atoms with Gasteiger partial charge in [0.25, 0.3) is 0 Å². The highest BCUT2D eigenvalue weighted by atomic mass is 19.2. The van der Waals surface area contributed by atoms with Crippen LogP contribution in [0.3, 0.4) is 0 Å². The number of halogens is 3. The summed E-state index contributed by atoms with van der Waals surface area (Å²) in [6, 6.07) is 13.4. The summed E-state index contributed by atoms with van der Waals surface area (Å²) in [5, 5.41) is 20.6. The second kappa shape index (κ2) is 9.71. The molecular formula is C28H22F3N3O4. The summed E-state index contributed by atoms with van der Waals surface area (Å²) < 4.78 is 49.2. The van der Waals surface area contributed by atoms with E-state index in [1.165, 1.54) is 37.5 Å². The second-order valence-electron chi connectivity index (χ2n) is 8.99. The average Bonchev–Trinajstić information content (AvgIpc) is 3.58. The first-order valence-electron chi connectivity index (χ1n) is 11.7. The van der Waals surface area contributed by atoms with Gasteiger partial charge in [0.2, 0.25) is 5.82 Å². The zero-order valence-corrected chi connectivity index (χ0v) is 20.1. The van der Waals surface area contributed by atoms with Crippen LogP contribution in [0.15, 0.2) is 67.0 Å². The predicted molar refractivity (Wildman–Crippen MR) is 133 cm³/mol. The van der Waals surface area contributed by atoms with E-state index in [1.54, 1.807) is 30.3 Å². The Labute approximate surface area is 214 Å². The van der Waals surface area contributed by atoms with Crippen LogP contribution in [0.1, 0.15) is 30.2 Å². The van der Waals surface area contributed by atoms with Gasteiger partial charge in [0, 0.05) is 24.2 Å². The van der Waals surface area contributed by atoms with E-state index in [-0.39, 0.29) is 40.5 Å². The zero-order valence-electron chi connectivity index (χ0n) is 20.1. The van der Waals surface area contributed by atoms with Gasteiger partial charge in [0.15, 0.2) is 11.6 Å². The Hall–Kier alpha value is -4.57. The molecule has 5 aromatic rings. The van der Waals surface area contributed by atoms with Gasteiger partial charge in [-0.15, -0.1) is 0 Å². The fourth-order valence-corrected chi connectivity index (χ4v) is 4.20. The molecule has 0 aliphatic heterocycles. The molecule has 3 aromatic carbocycles. The van der Waals surface area contributed by atoms with E-state index in [0.29, 0.717) is 17.4 Å². The molecule has 0 radical (unpaired) electrons. The lowest BCUT2D eigenvalue weighted by Crippen LogP contribution is -2.23. The van der Waals surface area contributed by atoms with Gasteiger partial charge in [-0.25, -0.2) is 13.8 Å². The van der Waals surface area contributed by atoms with E-state index < -0.39 is 29.0 Å². The molecule has 0 saturated heterocycles. The van der Waals surface area contributed by atoms with Gasteiger partial charge in [-0.3, -0.25) is 4.79 Å². The summed E-state index contributed by atoms with van der Waals surface area (Å²) in [7, 11) is 0. The number of fused-ring (bicyclic) bond motifs is 1. The van der Waals surface area contributed by atoms with Crippen molar-refractivity contribution in [2.24, 2.45) is 0 Å². The van der Waals surface area contributed by atoms with Gasteiger partial charge >= 0.3 is 5.97 Å². The lowest BCUT2D eigenvalue weighted by Gasteiger charge is -2.22. The number of hydrogen-bond acceptors (Lipinski definition) is 4. The first-order valence-corrected chi connectivity index (χ1v) is 11.7. The van der Waals surface area contributed by atoms with Crippen LogP contribution in [-0.2, 0) is 16.8 Å². The quantitative estimate of drug-likeness (QED) is 0.199. The van der Waals surface area contributed by atoms with Crippen molar-refractivity contribution in [1.82, 2.24) is 15.0 Å². The van der Waals surface area contributed by atoms with Crippen molar-refractivity contribution in [3.63, 3.8) is 0 Å². The Kier molecular flexibility index (Phi) is 6.41. The zero-order chi connectivity index (χ0) is 27.0. The number of aromatic amines is 2. The van der Waals surface area contributed by atoms with Crippen LogP contribution in [-0.4, -0.2) is 31.1 Å². The molecule has 0 amide bonds. The Morgan fingerprint density at radius 2 is 1.87 bits per heavy atom. The number of carboxylic acids is 1. The Morgan fingerprint density at radius 3 is 2.66 bits per heavy atom. The van der Waals surface area contributed by atoms with E-state index >= 15 is 0 Å². The monoisotopic (exact) mass is 521 g/mol. The fourth-order valence-electron chi connectivity index (χ4n) is 4.20. The number of carbonyl (C=O) groups is 1. The van der Waals surface area contributed by atoms with Gasteiger partial charge in [0.05, 0.1) is 16.8 Å². The molecule has 0 aliphatic carbocycles. The molecule has 2 aromatic heterocycles. The summed E-state index contributed by atoms with van der Waals surface area (Å²) in [6.07, 6.45) is 3.15. The average molecular weight is 521 g/mol. The van der Waals surface area contributed by atoms with Crippen LogP contribution in [0.2, 0.25) is 0 Å². The predicted octanol–water partition coefficient (Wildman–Crippen LogP) is 6.04. The van der Waals surface area contributed by atoms with Crippen molar-refractivity contribution in [2.45, 2.75) is 25.4 Å². The topological polar surface area (TPSA) is 111 Å². The van der Waals surface area contributed by atoms with E-state index in [9.17, 15) is 23.1 Å². The summed E-state index contributed by atoms with van der Waals surface area (Å²) in [5.74, 6) is -4.09. The molecular weight excluding hydrogens is 499 g/mol. The van der Waals surface area contributed by atoms with Gasteiger partial charge < -0.3 is 24.9 Å². The number of aliphatic carboxylic acids is 1. The Morgan fingerprint density at radius 1 is 1.05 bits per heavy atom. The van der Waals surface area contributed by atoms with Crippen LogP contribution in [0, 0.1) is 17.5 Å². The number of imidazole rings is 1. The molecule has 4 N–H and O–H groups in total. The minimum Gasteiger partial charge on any atom is -0.481 e. The first kappa shape index (κ1) is 25.1. The van der Waals surface area contributed by atoms with Gasteiger partial charge in [-0.1, -0.05) is 24.3 Å². The maximum Gasteiger partial charge on any atom is 0.303 e. The number of ether oxygens (including phenoxy) is 1. The third-order valence-corrected chi connectivity index (χ3v) is 6.31. The van der Waals surface area contributed by atoms with Crippen LogP contribution in [0.4, 0.5) is 13.2 Å². The van der Waals surface area contributed by atoms with Gasteiger partial charge in [-0.05, 0) is 54.8 Å². The normalized spacial score (nSPS) is 13.0. The number of carboxylic acid groups (broad SMARTS) is 1. The van der Waals surface area contributed by atoms with E-state index in [1.807, 2.05) is 0 Å². The van der Waals surface area contributed by atoms with Crippen molar-refractivity contribution in [2.75, 3.05) is 0 Å². The third kappa shape index (κ3) is 4.73. The van der Waals surface area contributed by atoms with E-state index in [4.69, 9.17) is 9.84 Å². The number of hydrogen-bond donors (Lipinski definition) is 4. The molecule has 0 spiro atoms. The van der Waals surface area contributed by atoms with Crippen LogP contribution >= 0.6 is 0 Å². The van der Waals surface area contributed by atoms with Crippen molar-refractivity contribution in [3.8, 4) is 22.9 Å². The summed E-state index contributed by atoms with van der Waals surface area (Å²) >= 11 is 0. The molecule has 0 fully saturated rings. The molecule has 0 aliphatic rings. The second-order valence-corrected chi connectivity index (χ2v) is 8.99. The van der Waals surface area contributed by atoms with E-state index in [0.717, 1.165) is 11.6 Å². The Bertz CT molecular complexity index is 1660. The van der Waals surface area contributed by atoms with Crippen LogP contribution in [0.5, 0.6) is 11.5 Å². The molecule has 1 atom stereocenters. The molecule has 5 rings (SSSR count). The summed E-state index contributed by atoms with van der Waals surface area (Å²) in [6.45, 7) is 1.52. The number of aliphatic hydroxyl groups is 1. The lowest BCUT2D eigenvalue weighted by atomic mass is 9.91. The molecule has 7 nitrogen and oxygen atoms in total. The number of aromatic nitrogens is 3. The minimum atomic E-state index is -1.58. The van der Waals surface area contributed by atoms with E-state index in [2.05, 4.69) is 15.0 Å². The van der Waals surface area contributed by atoms with Gasteiger partial charge in [0.1, 0.15) is 23.0 Å². The maximum absolute atomic E-state index is 14.8. The standard InChI is InChI=1S/C28H22F3N3O4/c1-28(37,17-4-2-3-15(11-17)5-8-23(35)36)22-14-33-27(34-22)19-13-18(6-7-20(19)29)38-21-12-16-9-10-32-26(16)25(31)24(21)30/h2-4,6-7,9-14,32,37H,5,8H2,1H3,(H,33,34)(H,35,36). The third-order valence-electron chi connectivity index (χ3n) is 6.31. The van der Waals surface area contributed by atoms with Gasteiger partial charge in [-0.2, -0.15) is 4.39 Å². The SMILES string of the molecule is CC(O)(c1cccc(CCC(=O)O)c1)c1c[nH]c(-c2cc(Oc3cc4cc[nH]c4c(F)c3F)ccc2F)n1. The molecule has 0 bridgehead atoms. The Balaban J connectivity index is 1.43. The number of aryl methyl sites for hydroxylation is 1. The maximum atomic E-state index is 14.8. The lowest BCUT2D eigenvalue weighted by molar-refractivity contribution is -0.136. The summed E-state index contributed by atoms with van der Waals surface area (Å²) in [4.78, 5) is 20.7.